The molecule has 6 nitrogen and oxygen atoms in total. The zero-order chi connectivity index (χ0) is 19.0. The first kappa shape index (κ1) is 17.5. The fourth-order valence-corrected chi connectivity index (χ4v) is 3.79. The Bertz CT molecular complexity index is 1070. The maximum Gasteiger partial charge on any atom is 0.325 e. The summed E-state index contributed by atoms with van der Waals surface area (Å²) in [6, 6.07) is 17.2. The van der Waals surface area contributed by atoms with E-state index in [-0.39, 0.29) is 11.5 Å². The van der Waals surface area contributed by atoms with Crippen LogP contribution in [0.25, 0.3) is 11.3 Å². The lowest BCUT2D eigenvalue weighted by atomic mass is 10.0. The maximum atomic E-state index is 13.0. The molecule has 0 aliphatic carbocycles. The fraction of sp³-hybridized carbons (Fsp3) is 0.200. The van der Waals surface area contributed by atoms with Crippen molar-refractivity contribution in [2.45, 2.75) is 24.7 Å². The Morgan fingerprint density at radius 3 is 2.59 bits per heavy atom. The van der Waals surface area contributed by atoms with Crippen LogP contribution in [0, 0.1) is 0 Å². The molecule has 1 aliphatic heterocycles. The van der Waals surface area contributed by atoms with Gasteiger partial charge in [-0.15, -0.1) is 0 Å². The van der Waals surface area contributed by atoms with E-state index < -0.39 is 6.17 Å². The van der Waals surface area contributed by atoms with Crippen molar-refractivity contribution in [1.29, 1.82) is 0 Å². The Morgan fingerprint density at radius 1 is 1.19 bits per heavy atom. The highest BCUT2D eigenvalue weighted by Crippen LogP contribution is 2.37. The molecule has 0 unspecified atom stereocenters. The summed E-state index contributed by atoms with van der Waals surface area (Å²) in [5, 5.41) is 5.15. The molecule has 1 N–H and O–H groups in total. The van der Waals surface area contributed by atoms with Crippen molar-refractivity contribution < 1.29 is 9.48 Å². The molecule has 1 atom stereocenters. The number of hydrogen-bond donors (Lipinski definition) is 1. The molecular formula is C20H19N4O2S+. The number of hydrogen-bond acceptors (Lipinski definition) is 4. The van der Waals surface area contributed by atoms with Gasteiger partial charge in [-0.05, 0) is 23.1 Å². The van der Waals surface area contributed by atoms with Gasteiger partial charge in [0.25, 0.3) is 6.17 Å². The molecular weight excluding hydrogens is 360 g/mol. The summed E-state index contributed by atoms with van der Waals surface area (Å²) in [4.78, 5) is 30.4. The van der Waals surface area contributed by atoms with Crippen LogP contribution in [0.5, 0.6) is 0 Å². The second kappa shape index (κ2) is 7.00. The number of nitrogens with zero attached hydrogens (tertiary/aromatic N) is 3. The van der Waals surface area contributed by atoms with Crippen LogP contribution in [0.3, 0.4) is 0 Å². The summed E-state index contributed by atoms with van der Waals surface area (Å²) in [5.74, 6) is -0.0257. The number of anilines is 1. The Labute approximate surface area is 160 Å². The molecule has 2 heterocycles. The van der Waals surface area contributed by atoms with E-state index in [2.05, 4.69) is 10.1 Å². The second-order valence-electron chi connectivity index (χ2n) is 6.18. The summed E-state index contributed by atoms with van der Waals surface area (Å²) in [7, 11) is 0. The number of benzene rings is 2. The van der Waals surface area contributed by atoms with Gasteiger partial charge in [-0.25, -0.2) is 4.90 Å². The van der Waals surface area contributed by atoms with Crippen LogP contribution in [0.15, 0.2) is 64.5 Å². The molecule has 136 valence electrons. The molecule has 1 amide bonds. The van der Waals surface area contributed by atoms with Crippen molar-refractivity contribution in [1.82, 2.24) is 10.1 Å². The minimum absolute atomic E-state index is 0.0257. The smallest absolute Gasteiger partial charge is 0.291 e. The third-order valence-corrected chi connectivity index (χ3v) is 5.19. The van der Waals surface area contributed by atoms with Crippen LogP contribution >= 0.6 is 11.8 Å². The largest absolute Gasteiger partial charge is 0.325 e. The molecule has 0 spiro atoms. The molecule has 3 aromatic rings. The van der Waals surface area contributed by atoms with Crippen LogP contribution in [0.4, 0.5) is 5.69 Å². The van der Waals surface area contributed by atoms with Crippen LogP contribution < -0.4 is 15.1 Å². The van der Waals surface area contributed by atoms with Crippen molar-refractivity contribution >= 4 is 23.4 Å². The van der Waals surface area contributed by atoms with Gasteiger partial charge in [-0.3, -0.25) is 14.6 Å². The molecule has 0 radical (unpaired) electrons. The zero-order valence-corrected chi connectivity index (χ0v) is 15.9. The van der Waals surface area contributed by atoms with E-state index in [4.69, 9.17) is 0 Å². The monoisotopic (exact) mass is 379 g/mol. The van der Waals surface area contributed by atoms with Gasteiger partial charge in [0.1, 0.15) is 0 Å². The summed E-state index contributed by atoms with van der Waals surface area (Å²) in [6.07, 6.45) is 1.69. The topological polar surface area (TPSA) is 69.9 Å². The normalized spacial score (nSPS) is 15.2. The first-order valence-electron chi connectivity index (χ1n) is 8.72. The highest BCUT2D eigenvalue weighted by Gasteiger charge is 2.45. The van der Waals surface area contributed by atoms with E-state index in [0.717, 1.165) is 11.3 Å². The summed E-state index contributed by atoms with van der Waals surface area (Å²) < 4.78 is 1.68. The van der Waals surface area contributed by atoms with Crippen LogP contribution in [-0.2, 0) is 4.79 Å². The van der Waals surface area contributed by atoms with Gasteiger partial charge in [0.15, 0.2) is 0 Å². The van der Waals surface area contributed by atoms with Crippen molar-refractivity contribution in [2.75, 3.05) is 11.2 Å². The lowest BCUT2D eigenvalue weighted by Gasteiger charge is -2.31. The van der Waals surface area contributed by atoms with E-state index >= 15 is 0 Å². The average molecular weight is 379 g/mol. The third kappa shape index (κ3) is 2.84. The second-order valence-corrected chi connectivity index (χ2v) is 6.97. The quantitative estimate of drug-likeness (QED) is 0.561. The number of carbonyl (C=O) groups excluding carboxylic acids is 1. The number of rotatable bonds is 3. The molecule has 0 fully saturated rings. The number of carbonyl (C=O) groups is 1. The van der Waals surface area contributed by atoms with Crippen LogP contribution in [0.1, 0.15) is 25.1 Å². The molecule has 0 saturated carbocycles. The molecule has 1 aliphatic rings. The lowest BCUT2D eigenvalue weighted by molar-refractivity contribution is -0.763. The number of H-pyrrole nitrogens is 1. The lowest BCUT2D eigenvalue weighted by Crippen LogP contribution is -2.60. The molecule has 27 heavy (non-hydrogen) atoms. The number of aromatic nitrogens is 3. The molecule has 2 aromatic carbocycles. The molecule has 1 aromatic heterocycles. The highest BCUT2D eigenvalue weighted by atomic mass is 32.2. The summed E-state index contributed by atoms with van der Waals surface area (Å²) in [6.45, 7) is 1.84. The van der Waals surface area contributed by atoms with Gasteiger partial charge in [0.05, 0.1) is 11.3 Å². The number of amides is 1. The number of aromatic amines is 1. The van der Waals surface area contributed by atoms with Gasteiger partial charge >= 0.3 is 11.3 Å². The number of fused-ring (bicyclic) bond motifs is 3. The zero-order valence-electron chi connectivity index (χ0n) is 15.0. The van der Waals surface area contributed by atoms with Crippen LogP contribution in [-0.4, -0.2) is 22.2 Å². The molecule has 0 bridgehead atoms. The van der Waals surface area contributed by atoms with E-state index in [1.54, 1.807) is 9.58 Å². The summed E-state index contributed by atoms with van der Waals surface area (Å²) in [5.41, 5.74) is 2.56. The third-order valence-electron chi connectivity index (χ3n) is 4.62. The first-order chi connectivity index (χ1) is 13.2. The van der Waals surface area contributed by atoms with E-state index in [1.807, 2.05) is 67.8 Å². The average Bonchev–Trinajstić information content (AvgIpc) is 2.72. The van der Waals surface area contributed by atoms with E-state index in [0.29, 0.717) is 22.8 Å². The number of thioether (sulfide) groups is 1. The summed E-state index contributed by atoms with van der Waals surface area (Å²) >= 11 is 1.36. The first-order valence-corrected chi connectivity index (χ1v) is 9.94. The number of para-hydroxylation sites is 1. The predicted octanol–water partition coefficient (Wildman–Crippen LogP) is 2.75. The standard InChI is InChI=1S/C20H18N4O2S/c1-3-16(25)23-15-12-8-7-11-14(15)17-18(26)21-20(27-2)22-24(17)19(23)13-9-5-4-6-10-13/h4-12,19H,3H2,1-2H3/p+1/t19-/m1/s1. The Morgan fingerprint density at radius 2 is 1.89 bits per heavy atom. The van der Waals surface area contributed by atoms with Crippen molar-refractivity contribution in [2.24, 2.45) is 0 Å². The molecule has 7 heteroatoms. The minimum atomic E-state index is -0.517. The fourth-order valence-electron chi connectivity index (χ4n) is 3.43. The van der Waals surface area contributed by atoms with Crippen molar-refractivity contribution in [3.05, 3.63) is 70.5 Å². The van der Waals surface area contributed by atoms with E-state index in [9.17, 15) is 9.59 Å². The predicted molar refractivity (Wildman–Crippen MR) is 105 cm³/mol. The number of nitrogens with one attached hydrogen (secondary N) is 1. The van der Waals surface area contributed by atoms with E-state index in [1.165, 1.54) is 11.8 Å². The van der Waals surface area contributed by atoms with Crippen LogP contribution in [0.2, 0.25) is 0 Å². The highest BCUT2D eigenvalue weighted by molar-refractivity contribution is 7.98. The van der Waals surface area contributed by atoms with Gasteiger partial charge in [0, 0.05) is 17.1 Å². The Hall–Kier alpha value is -2.93. The Balaban J connectivity index is 2.09. The van der Waals surface area contributed by atoms with Gasteiger partial charge in [0.2, 0.25) is 11.1 Å². The molecule has 4 rings (SSSR count). The molecule has 0 saturated heterocycles. The van der Waals surface area contributed by atoms with Gasteiger partial charge in [-0.1, -0.05) is 61.2 Å². The van der Waals surface area contributed by atoms with Crippen molar-refractivity contribution in [3.8, 4) is 11.3 Å². The van der Waals surface area contributed by atoms with Gasteiger partial charge < -0.3 is 0 Å². The van der Waals surface area contributed by atoms with Gasteiger partial charge in [-0.2, -0.15) is 0 Å². The van der Waals surface area contributed by atoms with Crippen molar-refractivity contribution in [3.63, 3.8) is 0 Å². The Kier molecular flexibility index (Phi) is 4.53. The minimum Gasteiger partial charge on any atom is -0.291 e. The maximum absolute atomic E-state index is 13.0. The SMILES string of the molecule is CCC(=O)N1c2ccccc2-c2c(=O)[nH]c(SC)n[n+]2[C@@H]1c1ccccc1.